The van der Waals surface area contributed by atoms with Gasteiger partial charge in [-0.1, -0.05) is 42.0 Å². The number of imidazole rings is 1. The lowest BCUT2D eigenvalue weighted by molar-refractivity contribution is 0.0819. The first kappa shape index (κ1) is 27.7. The van der Waals surface area contributed by atoms with Gasteiger partial charge in [-0.15, -0.1) is 0 Å². The van der Waals surface area contributed by atoms with Crippen molar-refractivity contribution in [2.45, 2.75) is 46.4 Å². The molecule has 0 saturated heterocycles. The molecule has 10 nitrogen and oxygen atoms in total. The Balaban J connectivity index is 1.30. The van der Waals surface area contributed by atoms with Crippen LogP contribution in [0.1, 0.15) is 30.0 Å². The molecule has 0 saturated carbocycles. The van der Waals surface area contributed by atoms with Gasteiger partial charge in [-0.25, -0.2) is 20.0 Å². The zero-order valence-corrected chi connectivity index (χ0v) is 22.9. The number of para-hydroxylation sites is 1. The highest BCUT2D eigenvalue weighted by atomic mass is 31.2. The molecule has 2 aromatic carbocycles. The molecule has 0 bridgehead atoms. The molecule has 0 aliphatic rings. The molecule has 0 fully saturated rings. The Morgan fingerprint density at radius 1 is 1.11 bits per heavy atom. The van der Waals surface area contributed by atoms with Crippen molar-refractivity contribution in [1.29, 1.82) is 0 Å². The predicted molar refractivity (Wildman–Crippen MR) is 148 cm³/mol. The van der Waals surface area contributed by atoms with Crippen molar-refractivity contribution in [2.75, 3.05) is 25.2 Å². The zero-order valence-electron chi connectivity index (χ0n) is 22.0. The van der Waals surface area contributed by atoms with E-state index in [1.807, 2.05) is 29.7 Å². The van der Waals surface area contributed by atoms with Crippen molar-refractivity contribution in [1.82, 2.24) is 24.6 Å². The summed E-state index contributed by atoms with van der Waals surface area (Å²) in [6, 6.07) is 15.4. The molecule has 3 N–H and O–H groups in total. The van der Waals surface area contributed by atoms with Crippen LogP contribution in [0.5, 0.6) is 5.75 Å². The summed E-state index contributed by atoms with van der Waals surface area (Å²) in [4.78, 5) is 12.5. The highest BCUT2D eigenvalue weighted by Crippen LogP contribution is 2.43. The quantitative estimate of drug-likeness (QED) is 0.171. The van der Waals surface area contributed by atoms with Crippen LogP contribution in [0.3, 0.4) is 0 Å². The van der Waals surface area contributed by atoms with E-state index < -0.39 is 7.52 Å². The number of fused-ring (bicyclic) bond motifs is 1. The maximum absolute atomic E-state index is 13.7. The van der Waals surface area contributed by atoms with Gasteiger partial charge in [0.25, 0.3) is 0 Å². The first-order chi connectivity index (χ1) is 18.3. The number of nitrogen functional groups attached to an aromatic ring is 1. The molecule has 1 unspecified atom stereocenters. The van der Waals surface area contributed by atoms with Crippen LogP contribution in [-0.4, -0.2) is 45.1 Å². The van der Waals surface area contributed by atoms with E-state index in [2.05, 4.69) is 52.1 Å². The standard InChI is InChI=1S/C27H35N6O4P/c1-20-10-11-23(21(2)14-20)16-35-13-7-12-32-38(34,37-24-8-5-4-6-9-24)19-36-22(3)15-33-18-31-25-26(28)29-17-30-27(25)33/h4-6,8-11,14,17-18,22H,7,12-13,15-16,19H2,1-3H3,(H,32,34)(H2,28,29,30)/t22-,38?/m1/s1. The van der Waals surface area contributed by atoms with Crippen molar-refractivity contribution >= 4 is 24.5 Å². The minimum Gasteiger partial charge on any atom is -0.431 e. The second-order valence-corrected chi connectivity index (χ2v) is 11.4. The van der Waals surface area contributed by atoms with E-state index in [0.717, 1.165) is 0 Å². The van der Waals surface area contributed by atoms with Crippen molar-refractivity contribution in [3.05, 3.63) is 77.9 Å². The number of aromatic nitrogens is 4. The smallest absolute Gasteiger partial charge is 0.341 e. The van der Waals surface area contributed by atoms with Gasteiger partial charge < -0.3 is 24.3 Å². The number of nitrogens with one attached hydrogen (secondary N) is 1. The molecule has 11 heteroatoms. The molecule has 2 atom stereocenters. The van der Waals surface area contributed by atoms with Crippen LogP contribution < -0.4 is 15.3 Å². The fourth-order valence-corrected chi connectivity index (χ4v) is 5.58. The van der Waals surface area contributed by atoms with Crippen LogP contribution in [0, 0.1) is 13.8 Å². The molecule has 0 amide bonds. The summed E-state index contributed by atoms with van der Waals surface area (Å²) in [6.07, 6.45) is 3.32. The second kappa shape index (κ2) is 13.0. The molecule has 38 heavy (non-hydrogen) atoms. The van der Waals surface area contributed by atoms with Crippen molar-refractivity contribution < 1.29 is 18.6 Å². The predicted octanol–water partition coefficient (Wildman–Crippen LogP) is 4.86. The first-order valence-electron chi connectivity index (χ1n) is 12.6. The number of hydrogen-bond acceptors (Lipinski definition) is 8. The van der Waals surface area contributed by atoms with Crippen LogP contribution in [0.15, 0.2) is 61.2 Å². The maximum atomic E-state index is 13.7. The lowest BCUT2D eigenvalue weighted by atomic mass is 10.1. The normalized spacial score (nSPS) is 13.9. The number of anilines is 1. The van der Waals surface area contributed by atoms with Crippen LogP contribution in [0.25, 0.3) is 11.2 Å². The molecule has 4 rings (SSSR count). The summed E-state index contributed by atoms with van der Waals surface area (Å²) in [6.45, 7) is 8.04. The van der Waals surface area contributed by atoms with Gasteiger partial charge in [-0.05, 0) is 50.5 Å². The molecule has 2 heterocycles. The van der Waals surface area contributed by atoms with E-state index in [1.165, 1.54) is 23.0 Å². The average molecular weight is 539 g/mol. The number of aryl methyl sites for hydroxylation is 2. The third-order valence-corrected chi connectivity index (χ3v) is 7.68. The zero-order chi connectivity index (χ0) is 27.0. The molecule has 0 radical (unpaired) electrons. The van der Waals surface area contributed by atoms with Crippen molar-refractivity contribution in [3.8, 4) is 5.75 Å². The molecule has 4 aromatic rings. The number of nitrogens with zero attached hydrogens (tertiary/aromatic N) is 4. The van der Waals surface area contributed by atoms with Crippen molar-refractivity contribution in [3.63, 3.8) is 0 Å². The molecular weight excluding hydrogens is 503 g/mol. The Morgan fingerprint density at radius 3 is 2.71 bits per heavy atom. The highest BCUT2D eigenvalue weighted by Gasteiger charge is 2.26. The van der Waals surface area contributed by atoms with E-state index in [0.29, 0.717) is 55.5 Å². The Hall–Kier alpha value is -3.30. The molecule has 2 aromatic heterocycles. The summed E-state index contributed by atoms with van der Waals surface area (Å²) in [7, 11) is -3.36. The Labute approximate surface area is 223 Å². The van der Waals surface area contributed by atoms with Gasteiger partial charge in [0.2, 0.25) is 0 Å². The number of nitrogens with two attached hydrogens (primary N) is 1. The third kappa shape index (κ3) is 7.61. The van der Waals surface area contributed by atoms with E-state index >= 15 is 0 Å². The summed E-state index contributed by atoms with van der Waals surface area (Å²) in [5, 5.41) is 3.09. The van der Waals surface area contributed by atoms with Crippen LogP contribution in [-0.2, 0) is 27.2 Å². The van der Waals surface area contributed by atoms with Gasteiger partial charge in [-0.2, -0.15) is 0 Å². The third-order valence-electron chi connectivity index (χ3n) is 5.98. The Bertz CT molecular complexity index is 1380. The van der Waals surface area contributed by atoms with Gasteiger partial charge >= 0.3 is 7.52 Å². The molecule has 0 spiro atoms. The first-order valence-corrected chi connectivity index (χ1v) is 14.4. The minimum atomic E-state index is -3.36. The Morgan fingerprint density at radius 2 is 1.92 bits per heavy atom. The van der Waals surface area contributed by atoms with Crippen LogP contribution >= 0.6 is 7.52 Å². The monoisotopic (exact) mass is 538 g/mol. The van der Waals surface area contributed by atoms with E-state index in [-0.39, 0.29) is 12.5 Å². The van der Waals surface area contributed by atoms with Gasteiger partial charge in [0.1, 0.15) is 23.9 Å². The Kier molecular flexibility index (Phi) is 9.47. The second-order valence-electron chi connectivity index (χ2n) is 9.26. The lowest BCUT2D eigenvalue weighted by Crippen LogP contribution is -2.24. The van der Waals surface area contributed by atoms with E-state index in [9.17, 15) is 4.57 Å². The number of ether oxygens (including phenoxy) is 2. The van der Waals surface area contributed by atoms with Gasteiger partial charge in [0, 0.05) is 13.2 Å². The summed E-state index contributed by atoms with van der Waals surface area (Å²) >= 11 is 0. The minimum absolute atomic E-state index is 0.101. The summed E-state index contributed by atoms with van der Waals surface area (Å²) in [5.74, 6) is 0.837. The average Bonchev–Trinajstić information content (AvgIpc) is 3.30. The van der Waals surface area contributed by atoms with E-state index in [4.69, 9.17) is 19.7 Å². The van der Waals surface area contributed by atoms with Crippen LogP contribution in [0.2, 0.25) is 0 Å². The molecule has 0 aliphatic carbocycles. The number of hydrogen-bond donors (Lipinski definition) is 2. The SMILES string of the molecule is Cc1ccc(COCCCNP(=O)(CO[C@H](C)Cn2cnc3c(N)ncnc32)Oc2ccccc2)c(C)c1. The van der Waals surface area contributed by atoms with Gasteiger partial charge in [0.05, 0.1) is 25.6 Å². The highest BCUT2D eigenvalue weighted by molar-refractivity contribution is 7.57. The lowest BCUT2D eigenvalue weighted by Gasteiger charge is -2.23. The maximum Gasteiger partial charge on any atom is 0.341 e. The largest absolute Gasteiger partial charge is 0.431 e. The summed E-state index contributed by atoms with van der Waals surface area (Å²) in [5.41, 5.74) is 10.7. The molecule has 202 valence electrons. The fraction of sp³-hybridized carbons (Fsp3) is 0.370. The van der Waals surface area contributed by atoms with E-state index in [1.54, 1.807) is 18.5 Å². The summed E-state index contributed by atoms with van der Waals surface area (Å²) < 4.78 is 33.3. The number of benzene rings is 2. The van der Waals surface area contributed by atoms with Crippen LogP contribution in [0.4, 0.5) is 5.82 Å². The topological polar surface area (TPSA) is 126 Å². The molecular formula is C27H35N6O4P. The molecule has 0 aliphatic heterocycles. The number of rotatable bonds is 14. The fourth-order valence-electron chi connectivity index (χ4n) is 3.96. The van der Waals surface area contributed by atoms with Crippen molar-refractivity contribution in [2.24, 2.45) is 0 Å². The van der Waals surface area contributed by atoms with Gasteiger partial charge in [0.15, 0.2) is 11.5 Å². The van der Waals surface area contributed by atoms with Gasteiger partial charge in [-0.3, -0.25) is 4.57 Å².